The highest BCUT2D eigenvalue weighted by Gasteiger charge is 2.21. The van der Waals surface area contributed by atoms with E-state index in [0.29, 0.717) is 35.0 Å². The van der Waals surface area contributed by atoms with E-state index in [9.17, 15) is 9.90 Å². The summed E-state index contributed by atoms with van der Waals surface area (Å²) in [5.74, 6) is -0.397. The van der Waals surface area contributed by atoms with E-state index in [1.54, 1.807) is 6.92 Å². The van der Waals surface area contributed by atoms with E-state index in [4.69, 9.17) is 10.5 Å². The topological polar surface area (TPSA) is 97.5 Å². The Morgan fingerprint density at radius 1 is 1.44 bits per heavy atom. The van der Waals surface area contributed by atoms with Crippen LogP contribution in [0.4, 0.5) is 5.69 Å². The number of hydrogen-bond acceptors (Lipinski definition) is 5. The van der Waals surface area contributed by atoms with Crippen molar-refractivity contribution < 1.29 is 14.6 Å². The van der Waals surface area contributed by atoms with E-state index >= 15 is 0 Å². The smallest absolute Gasteiger partial charge is 0.339 e. The number of carbonyl (C=O) groups is 1. The molecule has 0 amide bonds. The molecule has 1 atom stereocenters. The molecule has 0 spiro atoms. The molecule has 1 fully saturated rings. The number of aromatic carboxylic acids is 1. The molecular formula is C19H25N3O3. The third-order valence-electron chi connectivity index (χ3n) is 4.84. The second-order valence-electron chi connectivity index (χ2n) is 6.55. The van der Waals surface area contributed by atoms with Gasteiger partial charge in [0.05, 0.1) is 22.3 Å². The number of aromatic nitrogens is 1. The molecule has 0 aliphatic carbocycles. The predicted octanol–water partition coefficient (Wildman–Crippen LogP) is 2.91. The van der Waals surface area contributed by atoms with Crippen molar-refractivity contribution in [1.82, 2.24) is 10.3 Å². The molecule has 1 aromatic heterocycles. The van der Waals surface area contributed by atoms with Crippen molar-refractivity contribution in [2.24, 2.45) is 0 Å². The molecule has 1 aliphatic rings. The highest BCUT2D eigenvalue weighted by atomic mass is 16.5. The SMILES string of the molecule is CCc1ccc2nc(C)c(C(=O)O)c(N)c2c1OCC1CCCCN1. The molecule has 0 saturated carbocycles. The van der Waals surface area contributed by atoms with Crippen LogP contribution in [0.3, 0.4) is 0 Å². The molecule has 2 heterocycles. The Morgan fingerprint density at radius 3 is 2.88 bits per heavy atom. The Hall–Kier alpha value is -2.34. The molecule has 4 N–H and O–H groups in total. The minimum Gasteiger partial charge on any atom is -0.491 e. The summed E-state index contributed by atoms with van der Waals surface area (Å²) in [6.45, 7) is 5.26. The number of nitrogens with zero attached hydrogens (tertiary/aromatic N) is 1. The molecule has 2 aromatic rings. The third-order valence-corrected chi connectivity index (χ3v) is 4.84. The second-order valence-corrected chi connectivity index (χ2v) is 6.55. The first-order chi connectivity index (χ1) is 12.0. The van der Waals surface area contributed by atoms with Gasteiger partial charge in [0, 0.05) is 6.04 Å². The summed E-state index contributed by atoms with van der Waals surface area (Å²) in [4.78, 5) is 16.0. The second kappa shape index (κ2) is 7.27. The lowest BCUT2D eigenvalue weighted by Crippen LogP contribution is -2.38. The molecular weight excluding hydrogens is 318 g/mol. The number of pyridine rings is 1. The summed E-state index contributed by atoms with van der Waals surface area (Å²) in [6, 6.07) is 4.18. The number of aryl methyl sites for hydroxylation is 2. The van der Waals surface area contributed by atoms with Gasteiger partial charge in [0.15, 0.2) is 0 Å². The minimum absolute atomic E-state index is 0.0568. The summed E-state index contributed by atoms with van der Waals surface area (Å²) in [7, 11) is 0. The van der Waals surface area contributed by atoms with Crippen LogP contribution in [0.1, 0.15) is 47.8 Å². The van der Waals surface area contributed by atoms with Crippen LogP contribution in [0, 0.1) is 6.92 Å². The highest BCUT2D eigenvalue weighted by molar-refractivity contribution is 6.07. The number of benzene rings is 1. The van der Waals surface area contributed by atoms with Crippen molar-refractivity contribution in [3.05, 3.63) is 29.0 Å². The number of anilines is 1. The number of nitrogens with two attached hydrogens (primary N) is 1. The first kappa shape index (κ1) is 17.5. The molecule has 3 rings (SSSR count). The molecule has 1 aliphatic heterocycles. The fourth-order valence-corrected chi connectivity index (χ4v) is 3.49. The Bertz CT molecular complexity index is 798. The van der Waals surface area contributed by atoms with Gasteiger partial charge in [0.25, 0.3) is 0 Å². The van der Waals surface area contributed by atoms with Crippen LogP contribution < -0.4 is 15.8 Å². The highest BCUT2D eigenvalue weighted by Crippen LogP contribution is 2.36. The number of ether oxygens (including phenoxy) is 1. The summed E-state index contributed by atoms with van der Waals surface area (Å²) >= 11 is 0. The van der Waals surface area contributed by atoms with Crippen LogP contribution in [-0.4, -0.2) is 35.3 Å². The molecule has 25 heavy (non-hydrogen) atoms. The van der Waals surface area contributed by atoms with Gasteiger partial charge in [-0.3, -0.25) is 4.98 Å². The van der Waals surface area contributed by atoms with Crippen molar-refractivity contribution in [3.63, 3.8) is 0 Å². The zero-order chi connectivity index (χ0) is 18.0. The Balaban J connectivity index is 2.07. The maximum atomic E-state index is 11.6. The molecule has 1 saturated heterocycles. The van der Waals surface area contributed by atoms with E-state index in [1.807, 2.05) is 19.1 Å². The normalized spacial score (nSPS) is 17.6. The van der Waals surface area contributed by atoms with Gasteiger partial charge in [-0.15, -0.1) is 0 Å². The average molecular weight is 343 g/mol. The van der Waals surface area contributed by atoms with Gasteiger partial charge in [0.2, 0.25) is 0 Å². The van der Waals surface area contributed by atoms with Gasteiger partial charge in [-0.25, -0.2) is 4.79 Å². The largest absolute Gasteiger partial charge is 0.491 e. The van der Waals surface area contributed by atoms with E-state index in [-0.39, 0.29) is 11.3 Å². The lowest BCUT2D eigenvalue weighted by atomic mass is 10.0. The van der Waals surface area contributed by atoms with Crippen LogP contribution in [0.5, 0.6) is 5.75 Å². The summed E-state index contributed by atoms with van der Waals surface area (Å²) in [5.41, 5.74) is 8.63. The zero-order valence-corrected chi connectivity index (χ0v) is 14.8. The van der Waals surface area contributed by atoms with Crippen LogP contribution >= 0.6 is 0 Å². The van der Waals surface area contributed by atoms with E-state index in [1.165, 1.54) is 12.8 Å². The number of fused-ring (bicyclic) bond motifs is 1. The number of nitrogens with one attached hydrogen (secondary N) is 1. The fourth-order valence-electron chi connectivity index (χ4n) is 3.49. The molecule has 134 valence electrons. The predicted molar refractivity (Wildman–Crippen MR) is 98.4 cm³/mol. The summed E-state index contributed by atoms with van der Waals surface area (Å²) in [5, 5.41) is 13.6. The standard InChI is InChI=1S/C19H25N3O3/c1-3-12-7-8-14-16(17(20)15(19(23)24)11(2)22-14)18(12)25-10-13-6-4-5-9-21-13/h7-8,13,21H,3-6,9-10H2,1-2H3,(H2,20,22)(H,23,24). The van der Waals surface area contributed by atoms with Gasteiger partial charge < -0.3 is 20.9 Å². The number of rotatable bonds is 5. The van der Waals surface area contributed by atoms with E-state index < -0.39 is 5.97 Å². The quantitative estimate of drug-likeness (QED) is 0.772. The molecule has 0 bridgehead atoms. The van der Waals surface area contributed by atoms with Crippen LogP contribution in [0.15, 0.2) is 12.1 Å². The molecule has 1 unspecified atom stereocenters. The number of hydrogen-bond donors (Lipinski definition) is 3. The number of piperidine rings is 1. The van der Waals surface area contributed by atoms with Crippen LogP contribution in [0.25, 0.3) is 10.9 Å². The van der Waals surface area contributed by atoms with Gasteiger partial charge in [-0.1, -0.05) is 19.4 Å². The maximum absolute atomic E-state index is 11.6. The van der Waals surface area contributed by atoms with Gasteiger partial charge in [-0.2, -0.15) is 0 Å². The maximum Gasteiger partial charge on any atom is 0.339 e. The number of carboxylic acids is 1. The fraction of sp³-hybridized carbons (Fsp3) is 0.474. The lowest BCUT2D eigenvalue weighted by molar-refractivity contribution is 0.0697. The van der Waals surface area contributed by atoms with Gasteiger partial charge >= 0.3 is 5.97 Å². The first-order valence-corrected chi connectivity index (χ1v) is 8.84. The van der Waals surface area contributed by atoms with Crippen LogP contribution in [-0.2, 0) is 6.42 Å². The van der Waals surface area contributed by atoms with Crippen molar-refractivity contribution in [2.45, 2.75) is 45.6 Å². The zero-order valence-electron chi connectivity index (χ0n) is 14.8. The third kappa shape index (κ3) is 3.39. The van der Waals surface area contributed by atoms with Gasteiger partial charge in [0.1, 0.15) is 17.9 Å². The van der Waals surface area contributed by atoms with Gasteiger partial charge in [-0.05, 0) is 44.4 Å². The summed E-state index contributed by atoms with van der Waals surface area (Å²) in [6.07, 6.45) is 4.25. The van der Waals surface area contributed by atoms with E-state index in [0.717, 1.165) is 24.9 Å². The van der Waals surface area contributed by atoms with E-state index in [2.05, 4.69) is 10.3 Å². The Morgan fingerprint density at radius 2 is 2.24 bits per heavy atom. The molecule has 0 radical (unpaired) electrons. The molecule has 1 aromatic carbocycles. The summed E-state index contributed by atoms with van der Waals surface area (Å²) < 4.78 is 6.16. The minimum atomic E-state index is -1.06. The van der Waals surface area contributed by atoms with Crippen molar-refractivity contribution in [2.75, 3.05) is 18.9 Å². The van der Waals surface area contributed by atoms with Crippen molar-refractivity contribution in [1.29, 1.82) is 0 Å². The average Bonchev–Trinajstić information content (AvgIpc) is 2.60. The Labute approximate surface area is 147 Å². The lowest BCUT2D eigenvalue weighted by Gasteiger charge is -2.25. The Kier molecular flexibility index (Phi) is 5.08. The molecule has 6 nitrogen and oxygen atoms in total. The molecule has 6 heteroatoms. The van der Waals surface area contributed by atoms with Crippen LogP contribution in [0.2, 0.25) is 0 Å². The first-order valence-electron chi connectivity index (χ1n) is 8.84. The van der Waals surface area contributed by atoms with Crippen molar-refractivity contribution in [3.8, 4) is 5.75 Å². The van der Waals surface area contributed by atoms with Crippen molar-refractivity contribution >= 4 is 22.6 Å². The monoisotopic (exact) mass is 343 g/mol. The number of nitrogen functional groups attached to an aromatic ring is 1. The number of carboxylic acid groups (broad SMARTS) is 1.